The lowest BCUT2D eigenvalue weighted by atomic mass is 9.96. The van der Waals surface area contributed by atoms with Crippen LogP contribution in [0.25, 0.3) is 10.9 Å². The summed E-state index contributed by atoms with van der Waals surface area (Å²) < 4.78 is 0. The van der Waals surface area contributed by atoms with E-state index in [1.54, 1.807) is 6.07 Å². The van der Waals surface area contributed by atoms with Crippen molar-refractivity contribution in [2.24, 2.45) is 0 Å². The molecule has 0 aliphatic carbocycles. The van der Waals surface area contributed by atoms with E-state index in [-0.39, 0.29) is 18.4 Å². The second kappa shape index (κ2) is 12.2. The Balaban J connectivity index is 1.32. The summed E-state index contributed by atoms with van der Waals surface area (Å²) in [6, 6.07) is 35.0. The highest BCUT2D eigenvalue weighted by Crippen LogP contribution is 2.39. The van der Waals surface area contributed by atoms with Crippen LogP contribution in [0.15, 0.2) is 115 Å². The van der Waals surface area contributed by atoms with Crippen LogP contribution in [-0.4, -0.2) is 48.9 Å². The Bertz CT molecular complexity index is 1720. The first-order valence-corrected chi connectivity index (χ1v) is 14.4. The van der Waals surface area contributed by atoms with E-state index in [2.05, 4.69) is 15.6 Å². The molecular weight excluding hydrogens is 538 g/mol. The predicted molar refractivity (Wildman–Crippen MR) is 169 cm³/mol. The molecule has 8 nitrogen and oxygen atoms in total. The molecule has 0 saturated carbocycles. The van der Waals surface area contributed by atoms with Crippen molar-refractivity contribution < 1.29 is 14.4 Å². The average molecular weight is 572 g/mol. The lowest BCUT2D eigenvalue weighted by Crippen LogP contribution is -2.54. The minimum Gasteiger partial charge on any atom is -0.363 e. The van der Waals surface area contributed by atoms with Crippen LogP contribution >= 0.6 is 0 Å². The Morgan fingerprint density at radius 3 is 2.21 bits per heavy atom. The summed E-state index contributed by atoms with van der Waals surface area (Å²) in [5.41, 5.74) is 4.56. The number of hydrogen-bond donors (Lipinski definition) is 3. The molecule has 1 aliphatic rings. The lowest BCUT2D eigenvalue weighted by Gasteiger charge is -2.33. The van der Waals surface area contributed by atoms with Crippen LogP contribution in [0.4, 0.5) is 11.4 Å². The molecular formula is C35H33N5O3. The van der Waals surface area contributed by atoms with Gasteiger partial charge >= 0.3 is 0 Å². The van der Waals surface area contributed by atoms with Crippen LogP contribution in [0.2, 0.25) is 0 Å². The molecule has 216 valence electrons. The zero-order valence-corrected chi connectivity index (χ0v) is 23.9. The molecule has 0 saturated heterocycles. The topological polar surface area (TPSA) is 97.5 Å². The van der Waals surface area contributed by atoms with Gasteiger partial charge in [0, 0.05) is 24.5 Å². The third kappa shape index (κ3) is 5.85. The molecule has 43 heavy (non-hydrogen) atoms. The number of para-hydroxylation sites is 3. The number of amides is 3. The number of likely N-dealkylation sites (N-methyl/N-ethyl adjacent to an activating group) is 1. The van der Waals surface area contributed by atoms with Gasteiger partial charge in [-0.1, -0.05) is 91.0 Å². The molecule has 6 rings (SSSR count). The molecule has 8 heteroatoms. The number of fused-ring (bicyclic) bond motifs is 2. The number of carbonyl (C=O) groups excluding carboxylic acids is 3. The third-order valence-electron chi connectivity index (χ3n) is 7.90. The van der Waals surface area contributed by atoms with Crippen molar-refractivity contribution in [2.75, 3.05) is 29.9 Å². The van der Waals surface area contributed by atoms with Crippen molar-refractivity contribution in [3.05, 3.63) is 132 Å². The first-order chi connectivity index (χ1) is 21.0. The van der Waals surface area contributed by atoms with Crippen LogP contribution in [0, 0.1) is 0 Å². The quantitative estimate of drug-likeness (QED) is 0.248. The standard InChI is InChI=1S/C35H33N5O3/c1-39-29-18-10-11-19-30(29)40(23-31(41)36-21-20-24-12-4-2-5-13-24)35(43)32(33(39)25-14-6-3-7-15-25)38-34(42)28-22-26-16-8-9-17-27(26)37-28/h2-19,22,32-33,37H,20-21,23H2,1H3,(H,36,41)(H,38,42). The molecule has 3 N–H and O–H groups in total. The smallest absolute Gasteiger partial charge is 0.268 e. The van der Waals surface area contributed by atoms with Gasteiger partial charge in [0.1, 0.15) is 18.3 Å². The highest BCUT2D eigenvalue weighted by atomic mass is 16.2. The number of hydrogen-bond acceptors (Lipinski definition) is 4. The fraction of sp³-hybridized carbons (Fsp3) is 0.171. The predicted octanol–water partition coefficient (Wildman–Crippen LogP) is 4.85. The Hall–Kier alpha value is -5.37. The van der Waals surface area contributed by atoms with Gasteiger partial charge in [-0.05, 0) is 41.8 Å². The maximum absolute atomic E-state index is 14.5. The zero-order valence-electron chi connectivity index (χ0n) is 23.9. The average Bonchev–Trinajstić information content (AvgIpc) is 3.46. The summed E-state index contributed by atoms with van der Waals surface area (Å²) in [5.74, 6) is -1.05. The van der Waals surface area contributed by atoms with Crippen LogP contribution in [0.5, 0.6) is 0 Å². The van der Waals surface area contributed by atoms with Crippen LogP contribution in [0.3, 0.4) is 0 Å². The number of aromatic nitrogens is 1. The molecule has 2 atom stereocenters. The molecule has 0 fully saturated rings. The minimum atomic E-state index is -0.990. The first-order valence-electron chi connectivity index (χ1n) is 14.4. The molecule has 0 spiro atoms. The van der Waals surface area contributed by atoms with E-state index in [1.807, 2.05) is 121 Å². The fourth-order valence-corrected chi connectivity index (χ4v) is 5.76. The van der Waals surface area contributed by atoms with E-state index in [1.165, 1.54) is 4.90 Å². The SMILES string of the molecule is CN1c2ccccc2N(CC(=O)NCCc2ccccc2)C(=O)C(NC(=O)c2cc3ccccc3[nH]2)C1c1ccccc1. The highest BCUT2D eigenvalue weighted by molar-refractivity contribution is 6.08. The molecule has 0 bridgehead atoms. The van der Waals surface area contributed by atoms with Crippen molar-refractivity contribution in [2.45, 2.75) is 18.5 Å². The van der Waals surface area contributed by atoms with Gasteiger partial charge in [0.2, 0.25) is 5.91 Å². The minimum absolute atomic E-state index is 0.182. The van der Waals surface area contributed by atoms with E-state index in [0.29, 0.717) is 24.3 Å². The molecule has 1 aromatic heterocycles. The van der Waals surface area contributed by atoms with Gasteiger partial charge in [-0.25, -0.2) is 0 Å². The van der Waals surface area contributed by atoms with Gasteiger partial charge in [0.15, 0.2) is 0 Å². The number of rotatable bonds is 8. The molecule has 3 amide bonds. The van der Waals surface area contributed by atoms with Crippen molar-refractivity contribution in [1.29, 1.82) is 0 Å². The Morgan fingerprint density at radius 2 is 1.47 bits per heavy atom. The van der Waals surface area contributed by atoms with Gasteiger partial charge in [-0.15, -0.1) is 0 Å². The third-order valence-corrected chi connectivity index (χ3v) is 7.90. The zero-order chi connectivity index (χ0) is 29.8. The molecule has 5 aromatic rings. The van der Waals surface area contributed by atoms with Crippen LogP contribution in [-0.2, 0) is 16.0 Å². The summed E-state index contributed by atoms with van der Waals surface area (Å²) >= 11 is 0. The molecule has 2 unspecified atom stereocenters. The Kier molecular flexibility index (Phi) is 7.91. The Morgan fingerprint density at radius 1 is 0.814 bits per heavy atom. The van der Waals surface area contributed by atoms with E-state index >= 15 is 0 Å². The lowest BCUT2D eigenvalue weighted by molar-refractivity contribution is -0.125. The molecule has 1 aliphatic heterocycles. The summed E-state index contributed by atoms with van der Waals surface area (Å²) in [7, 11) is 1.91. The number of H-pyrrole nitrogens is 1. The second-order valence-corrected chi connectivity index (χ2v) is 10.7. The van der Waals surface area contributed by atoms with E-state index in [9.17, 15) is 14.4 Å². The van der Waals surface area contributed by atoms with E-state index in [0.717, 1.165) is 27.7 Å². The second-order valence-electron chi connectivity index (χ2n) is 10.7. The Labute approximate surface area is 250 Å². The fourth-order valence-electron chi connectivity index (χ4n) is 5.76. The highest BCUT2D eigenvalue weighted by Gasteiger charge is 2.42. The molecule has 0 radical (unpaired) electrons. The maximum atomic E-state index is 14.5. The first kappa shape index (κ1) is 27.8. The number of anilines is 2. The van der Waals surface area contributed by atoms with Gasteiger partial charge < -0.3 is 20.5 Å². The maximum Gasteiger partial charge on any atom is 0.268 e. The van der Waals surface area contributed by atoms with Crippen molar-refractivity contribution in [1.82, 2.24) is 15.6 Å². The molecule has 4 aromatic carbocycles. The van der Waals surface area contributed by atoms with Crippen molar-refractivity contribution in [3.8, 4) is 0 Å². The summed E-state index contributed by atoms with van der Waals surface area (Å²) in [6.07, 6.45) is 0.680. The number of nitrogens with one attached hydrogen (secondary N) is 3. The van der Waals surface area contributed by atoms with Crippen molar-refractivity contribution in [3.63, 3.8) is 0 Å². The normalized spacial score (nSPS) is 16.4. The number of aromatic amines is 1. The van der Waals surface area contributed by atoms with Crippen LogP contribution < -0.4 is 20.4 Å². The van der Waals surface area contributed by atoms with E-state index in [4.69, 9.17) is 0 Å². The largest absolute Gasteiger partial charge is 0.363 e. The van der Waals surface area contributed by atoms with Crippen LogP contribution in [0.1, 0.15) is 27.7 Å². The summed E-state index contributed by atoms with van der Waals surface area (Å²) in [6.45, 7) is 0.262. The van der Waals surface area contributed by atoms with E-state index < -0.39 is 18.0 Å². The number of carbonyl (C=O) groups is 3. The van der Waals surface area contributed by atoms with Gasteiger partial charge in [0.05, 0.1) is 17.4 Å². The molecule has 2 heterocycles. The summed E-state index contributed by atoms with van der Waals surface area (Å²) in [5, 5.41) is 6.90. The summed E-state index contributed by atoms with van der Waals surface area (Å²) in [4.78, 5) is 48.1. The van der Waals surface area contributed by atoms with Gasteiger partial charge in [-0.3, -0.25) is 19.3 Å². The van der Waals surface area contributed by atoms with Crippen molar-refractivity contribution >= 4 is 40.0 Å². The monoisotopic (exact) mass is 571 g/mol. The van der Waals surface area contributed by atoms with Gasteiger partial charge in [0.25, 0.3) is 11.8 Å². The number of nitrogens with zero attached hydrogens (tertiary/aromatic N) is 2. The van der Waals surface area contributed by atoms with Gasteiger partial charge in [-0.2, -0.15) is 0 Å². The number of benzene rings is 4.